The van der Waals surface area contributed by atoms with Crippen LogP contribution < -0.4 is 10.5 Å². The predicted molar refractivity (Wildman–Crippen MR) is 134 cm³/mol. The van der Waals surface area contributed by atoms with Gasteiger partial charge in [-0.3, -0.25) is 4.98 Å². The Labute approximate surface area is 197 Å². The van der Waals surface area contributed by atoms with Crippen LogP contribution in [0.1, 0.15) is 44.7 Å². The topological polar surface area (TPSA) is 72.4 Å². The third kappa shape index (κ3) is 6.45. The van der Waals surface area contributed by atoms with E-state index < -0.39 is 0 Å². The number of fused-ring (bicyclic) bond motifs is 1. The molecule has 0 bridgehead atoms. The predicted octanol–water partition coefficient (Wildman–Crippen LogP) is 4.18. The molecule has 0 radical (unpaired) electrons. The van der Waals surface area contributed by atoms with Gasteiger partial charge in [0.15, 0.2) is 0 Å². The molecule has 2 N–H and O–H groups in total. The number of pyridine rings is 1. The van der Waals surface area contributed by atoms with Crippen LogP contribution in [0.3, 0.4) is 0 Å². The van der Waals surface area contributed by atoms with Gasteiger partial charge in [0.25, 0.3) is 0 Å². The van der Waals surface area contributed by atoms with Crippen LogP contribution in [0.2, 0.25) is 0 Å². The van der Waals surface area contributed by atoms with Crippen molar-refractivity contribution in [1.82, 2.24) is 24.3 Å². The molecule has 4 rings (SSSR count). The summed E-state index contributed by atoms with van der Waals surface area (Å²) in [6, 6.07) is 12.8. The number of benzene rings is 1. The summed E-state index contributed by atoms with van der Waals surface area (Å²) < 4.78 is 8.20. The molecular weight excluding hydrogens is 412 g/mol. The van der Waals surface area contributed by atoms with Crippen molar-refractivity contribution in [3.05, 3.63) is 48.3 Å². The lowest BCUT2D eigenvalue weighted by Gasteiger charge is -2.33. The number of rotatable bonds is 11. The molecule has 1 fully saturated rings. The fraction of sp³-hybridized carbons (Fsp3) is 0.538. The molecule has 3 heterocycles. The van der Waals surface area contributed by atoms with E-state index >= 15 is 0 Å². The Morgan fingerprint density at radius 1 is 1.15 bits per heavy atom. The number of nitrogens with two attached hydrogens (primary N) is 1. The van der Waals surface area contributed by atoms with Crippen LogP contribution in [-0.2, 0) is 13.1 Å². The zero-order valence-electron chi connectivity index (χ0n) is 20.1. The van der Waals surface area contributed by atoms with Gasteiger partial charge in [-0.05, 0) is 70.5 Å². The van der Waals surface area contributed by atoms with Crippen LogP contribution in [0.5, 0.6) is 5.75 Å². The molecule has 1 atom stereocenters. The molecule has 1 aliphatic heterocycles. The van der Waals surface area contributed by atoms with E-state index in [1.54, 1.807) is 0 Å². The maximum atomic E-state index is 6.25. The minimum atomic E-state index is 0.588. The van der Waals surface area contributed by atoms with Gasteiger partial charge in [-0.25, -0.2) is 4.98 Å². The minimum Gasteiger partial charge on any atom is -0.493 e. The van der Waals surface area contributed by atoms with Crippen LogP contribution in [0.4, 0.5) is 5.95 Å². The van der Waals surface area contributed by atoms with Crippen molar-refractivity contribution in [1.29, 1.82) is 0 Å². The quantitative estimate of drug-likeness (QED) is 0.442. The second-order valence-electron chi connectivity index (χ2n) is 9.27. The van der Waals surface area contributed by atoms with Crippen LogP contribution in [0, 0.1) is 0 Å². The first-order chi connectivity index (χ1) is 16.1. The van der Waals surface area contributed by atoms with E-state index in [1.807, 2.05) is 30.5 Å². The van der Waals surface area contributed by atoms with E-state index in [1.165, 1.54) is 25.8 Å². The third-order valence-electron chi connectivity index (χ3n) is 6.63. The standard InChI is InChI=1S/C26H38N6O/c1-21-9-4-6-15-31(21)16-7-17-32-25-19-23(11-12-24(25)29-26(32)27)33-18-8-14-30(2)20-22-10-3-5-13-28-22/h3,5,10-13,19,21H,4,6-9,14-18,20H2,1-2H3,(H2,27,29). The zero-order chi connectivity index (χ0) is 23.0. The number of nitrogen functional groups attached to an aromatic ring is 1. The van der Waals surface area contributed by atoms with Crippen molar-refractivity contribution < 1.29 is 4.74 Å². The molecule has 178 valence electrons. The lowest BCUT2D eigenvalue weighted by Crippen LogP contribution is -2.38. The summed E-state index contributed by atoms with van der Waals surface area (Å²) in [5.41, 5.74) is 9.34. The fourth-order valence-electron chi connectivity index (χ4n) is 4.74. The third-order valence-corrected chi connectivity index (χ3v) is 6.63. The van der Waals surface area contributed by atoms with Gasteiger partial charge in [0.2, 0.25) is 5.95 Å². The molecule has 3 aromatic rings. The highest BCUT2D eigenvalue weighted by Crippen LogP contribution is 2.24. The monoisotopic (exact) mass is 450 g/mol. The summed E-state index contributed by atoms with van der Waals surface area (Å²) in [5.74, 6) is 1.46. The molecule has 0 spiro atoms. The number of imidazole rings is 1. The molecule has 7 nitrogen and oxygen atoms in total. The number of hydrogen-bond acceptors (Lipinski definition) is 6. The van der Waals surface area contributed by atoms with Crippen LogP contribution in [0.25, 0.3) is 11.0 Å². The molecule has 0 amide bonds. The molecule has 1 saturated heterocycles. The highest BCUT2D eigenvalue weighted by atomic mass is 16.5. The van der Waals surface area contributed by atoms with Gasteiger partial charge in [0.05, 0.1) is 23.3 Å². The van der Waals surface area contributed by atoms with Gasteiger partial charge in [0.1, 0.15) is 5.75 Å². The van der Waals surface area contributed by atoms with Gasteiger partial charge in [-0.2, -0.15) is 0 Å². The number of nitrogens with zero attached hydrogens (tertiary/aromatic N) is 5. The van der Waals surface area contributed by atoms with Crippen molar-refractivity contribution in [2.24, 2.45) is 0 Å². The molecule has 1 aliphatic rings. The van der Waals surface area contributed by atoms with Gasteiger partial charge in [0, 0.05) is 44.5 Å². The first-order valence-corrected chi connectivity index (χ1v) is 12.3. The van der Waals surface area contributed by atoms with Gasteiger partial charge < -0.3 is 24.8 Å². The zero-order valence-corrected chi connectivity index (χ0v) is 20.1. The number of aromatic nitrogens is 3. The lowest BCUT2D eigenvalue weighted by atomic mass is 10.0. The average molecular weight is 451 g/mol. The molecule has 2 aromatic heterocycles. The second-order valence-corrected chi connectivity index (χ2v) is 9.27. The molecule has 33 heavy (non-hydrogen) atoms. The summed E-state index contributed by atoms with van der Waals surface area (Å²) in [6.07, 6.45) is 7.87. The van der Waals surface area contributed by atoms with E-state index in [-0.39, 0.29) is 0 Å². The number of likely N-dealkylation sites (tertiary alicyclic amines) is 1. The van der Waals surface area contributed by atoms with Gasteiger partial charge in [-0.1, -0.05) is 12.5 Å². The van der Waals surface area contributed by atoms with E-state index in [4.69, 9.17) is 10.5 Å². The van der Waals surface area contributed by atoms with Crippen molar-refractivity contribution >= 4 is 17.0 Å². The van der Waals surface area contributed by atoms with Gasteiger partial charge >= 0.3 is 0 Å². The number of hydrogen-bond donors (Lipinski definition) is 1. The smallest absolute Gasteiger partial charge is 0.201 e. The SMILES string of the molecule is CC1CCCCN1CCCn1c(N)nc2ccc(OCCCN(C)Cc3ccccn3)cc21. The van der Waals surface area contributed by atoms with Crippen LogP contribution in [-0.4, -0.2) is 63.7 Å². The van der Waals surface area contributed by atoms with E-state index in [2.05, 4.69) is 50.4 Å². The molecule has 1 unspecified atom stereocenters. The molecule has 7 heteroatoms. The maximum absolute atomic E-state index is 6.25. The van der Waals surface area contributed by atoms with E-state index in [9.17, 15) is 0 Å². The summed E-state index contributed by atoms with van der Waals surface area (Å²) in [6.45, 7) is 8.04. The first kappa shape index (κ1) is 23.5. The summed E-state index contributed by atoms with van der Waals surface area (Å²) in [4.78, 5) is 13.8. The Balaban J connectivity index is 1.27. The first-order valence-electron chi connectivity index (χ1n) is 12.3. The van der Waals surface area contributed by atoms with Crippen molar-refractivity contribution in [2.75, 3.05) is 39.0 Å². The number of ether oxygens (including phenoxy) is 1. The van der Waals surface area contributed by atoms with Crippen molar-refractivity contribution in [3.63, 3.8) is 0 Å². The summed E-state index contributed by atoms with van der Waals surface area (Å²) in [7, 11) is 2.12. The molecule has 0 saturated carbocycles. The Kier molecular flexibility index (Phi) is 8.18. The van der Waals surface area contributed by atoms with Crippen LogP contribution >= 0.6 is 0 Å². The van der Waals surface area contributed by atoms with Crippen molar-refractivity contribution in [2.45, 2.75) is 58.2 Å². The van der Waals surface area contributed by atoms with Crippen LogP contribution in [0.15, 0.2) is 42.6 Å². The second kappa shape index (κ2) is 11.5. The summed E-state index contributed by atoms with van der Waals surface area (Å²) >= 11 is 0. The molecule has 0 aliphatic carbocycles. The molecular formula is C26H38N6O. The normalized spacial score (nSPS) is 17.1. The van der Waals surface area contributed by atoms with Crippen molar-refractivity contribution in [3.8, 4) is 5.75 Å². The Bertz CT molecular complexity index is 1000. The Hall–Kier alpha value is -2.64. The minimum absolute atomic E-state index is 0.588. The lowest BCUT2D eigenvalue weighted by molar-refractivity contribution is 0.157. The number of anilines is 1. The largest absolute Gasteiger partial charge is 0.493 e. The van der Waals surface area contributed by atoms with E-state index in [0.29, 0.717) is 18.6 Å². The highest BCUT2D eigenvalue weighted by molar-refractivity contribution is 5.79. The van der Waals surface area contributed by atoms with Gasteiger partial charge in [-0.15, -0.1) is 0 Å². The van der Waals surface area contributed by atoms with E-state index in [0.717, 1.165) is 61.5 Å². The fourth-order valence-corrected chi connectivity index (χ4v) is 4.74. The Morgan fingerprint density at radius 3 is 2.88 bits per heavy atom. The number of piperidine rings is 1. The number of aryl methyl sites for hydroxylation is 1. The maximum Gasteiger partial charge on any atom is 0.201 e. The highest BCUT2D eigenvalue weighted by Gasteiger charge is 2.18. The molecule has 1 aromatic carbocycles. The average Bonchev–Trinajstić information content (AvgIpc) is 3.13. The summed E-state index contributed by atoms with van der Waals surface area (Å²) in [5, 5.41) is 0. The Morgan fingerprint density at radius 2 is 2.06 bits per heavy atom.